The Labute approximate surface area is 203 Å². The first-order valence-corrected chi connectivity index (χ1v) is 12.4. The highest BCUT2D eigenvalue weighted by atomic mass is 79.9. The molecule has 2 rings (SSSR count). The van der Waals surface area contributed by atoms with Crippen LogP contribution in [0.1, 0.15) is 105 Å². The maximum absolute atomic E-state index is 3.68. The number of rotatable bonds is 0. The van der Waals surface area contributed by atoms with Crippen LogP contribution in [0.5, 0.6) is 0 Å². The maximum atomic E-state index is 3.68. The topological polar surface area (TPSA) is 0 Å². The van der Waals surface area contributed by atoms with Crippen molar-refractivity contribution in [2.24, 2.45) is 0 Å². The summed E-state index contributed by atoms with van der Waals surface area (Å²) >= 11 is 7.35. The molecule has 0 aliphatic rings. The smallest absolute Gasteiger partial charge is 0.0215 e. The highest BCUT2D eigenvalue weighted by Crippen LogP contribution is 2.34. The molecular weight excluding hydrogens is 496 g/mol. The van der Waals surface area contributed by atoms with E-state index in [0.29, 0.717) is 0 Å². The fourth-order valence-electron chi connectivity index (χ4n) is 3.18. The molecular formula is C28H42Br2. The van der Waals surface area contributed by atoms with Crippen molar-refractivity contribution >= 4 is 31.9 Å². The van der Waals surface area contributed by atoms with Crippen LogP contribution in [-0.2, 0) is 21.7 Å². The second kappa shape index (κ2) is 9.49. The number of hydrogen-bond acceptors (Lipinski definition) is 0. The van der Waals surface area contributed by atoms with Gasteiger partial charge in [0.25, 0.3) is 0 Å². The van der Waals surface area contributed by atoms with Crippen LogP contribution in [0.15, 0.2) is 45.3 Å². The summed E-state index contributed by atoms with van der Waals surface area (Å²) in [7, 11) is 0. The van der Waals surface area contributed by atoms with E-state index in [-0.39, 0.29) is 21.7 Å². The van der Waals surface area contributed by atoms with Crippen LogP contribution < -0.4 is 0 Å². The molecule has 0 saturated heterocycles. The Balaban J connectivity index is 0.000000300. The van der Waals surface area contributed by atoms with Gasteiger partial charge in [0.1, 0.15) is 0 Å². The summed E-state index contributed by atoms with van der Waals surface area (Å²) in [5, 5.41) is 0. The van der Waals surface area contributed by atoms with Crippen molar-refractivity contribution in [1.29, 1.82) is 0 Å². The van der Waals surface area contributed by atoms with Crippen molar-refractivity contribution in [1.82, 2.24) is 0 Å². The summed E-state index contributed by atoms with van der Waals surface area (Å²) < 4.78 is 2.45. The van der Waals surface area contributed by atoms with Gasteiger partial charge in [0.05, 0.1) is 0 Å². The molecule has 0 aliphatic heterocycles. The molecule has 0 aliphatic carbocycles. The molecule has 0 radical (unpaired) electrons. The number of halogens is 2. The van der Waals surface area contributed by atoms with E-state index < -0.39 is 0 Å². The molecule has 0 bridgehead atoms. The third-order valence-corrected chi connectivity index (χ3v) is 6.60. The molecule has 0 spiro atoms. The molecule has 0 saturated carbocycles. The van der Waals surface area contributed by atoms with E-state index in [1.807, 2.05) is 0 Å². The Morgan fingerprint density at radius 1 is 0.433 bits per heavy atom. The van der Waals surface area contributed by atoms with Gasteiger partial charge in [0, 0.05) is 8.95 Å². The molecule has 2 heteroatoms. The Kier molecular flexibility index (Phi) is 8.68. The minimum absolute atomic E-state index is 0.204. The number of hydrogen-bond donors (Lipinski definition) is 0. The van der Waals surface area contributed by atoms with Crippen LogP contribution in [0, 0.1) is 0 Å². The van der Waals surface area contributed by atoms with Crippen LogP contribution in [-0.4, -0.2) is 0 Å². The molecule has 2 aromatic carbocycles. The Bertz CT molecular complexity index is 775. The van der Waals surface area contributed by atoms with Gasteiger partial charge >= 0.3 is 0 Å². The highest BCUT2D eigenvalue weighted by Gasteiger charge is 2.21. The Morgan fingerprint density at radius 3 is 0.867 bits per heavy atom. The summed E-state index contributed by atoms with van der Waals surface area (Å²) in [5.41, 5.74) is 6.35. The van der Waals surface area contributed by atoms with E-state index in [2.05, 4.69) is 151 Å². The molecule has 0 amide bonds. The van der Waals surface area contributed by atoms with Crippen molar-refractivity contribution in [2.75, 3.05) is 0 Å². The molecule has 0 unspecified atom stereocenters. The van der Waals surface area contributed by atoms with Crippen LogP contribution in [0.25, 0.3) is 0 Å². The van der Waals surface area contributed by atoms with Crippen LogP contribution >= 0.6 is 31.9 Å². The molecule has 0 N–H and O–H groups in total. The van der Waals surface area contributed by atoms with E-state index in [0.717, 1.165) is 0 Å². The minimum atomic E-state index is 0.204. The number of benzene rings is 2. The minimum Gasteiger partial charge on any atom is -0.0581 e. The molecule has 0 nitrogen and oxygen atoms in total. The fourth-order valence-corrected chi connectivity index (χ4v) is 5.13. The summed E-state index contributed by atoms with van der Waals surface area (Å²) in [4.78, 5) is 0. The van der Waals surface area contributed by atoms with E-state index in [1.165, 1.54) is 31.2 Å². The third-order valence-electron chi connectivity index (χ3n) is 5.29. The SMILES string of the molecule is CC(C)(C)c1ccc(C(C)(C)C)c(Br)c1.CC(C)(C)c1ccc(C(C)(C)C)c(Br)c1. The van der Waals surface area contributed by atoms with Gasteiger partial charge in [0.15, 0.2) is 0 Å². The second-order valence-electron chi connectivity index (χ2n) is 12.4. The second-order valence-corrected chi connectivity index (χ2v) is 14.1. The standard InChI is InChI=1S/2C14H21Br/c2*1-13(2,3)10-7-8-11(12(15)9-10)14(4,5)6/h2*7-9H,1-6H3. The lowest BCUT2D eigenvalue weighted by Gasteiger charge is -2.24. The Morgan fingerprint density at radius 2 is 0.700 bits per heavy atom. The van der Waals surface area contributed by atoms with Crippen molar-refractivity contribution < 1.29 is 0 Å². The maximum Gasteiger partial charge on any atom is 0.0215 e. The van der Waals surface area contributed by atoms with Gasteiger partial charge < -0.3 is 0 Å². The van der Waals surface area contributed by atoms with Crippen molar-refractivity contribution in [3.63, 3.8) is 0 Å². The Hall–Kier alpha value is -0.600. The zero-order chi connectivity index (χ0) is 23.7. The molecule has 30 heavy (non-hydrogen) atoms. The van der Waals surface area contributed by atoms with E-state index >= 15 is 0 Å². The third kappa shape index (κ3) is 7.83. The lowest BCUT2D eigenvalue weighted by Crippen LogP contribution is -2.15. The molecule has 0 aromatic heterocycles. The quantitative estimate of drug-likeness (QED) is 0.313. The van der Waals surface area contributed by atoms with E-state index in [9.17, 15) is 0 Å². The van der Waals surface area contributed by atoms with Crippen molar-refractivity contribution in [2.45, 2.75) is 105 Å². The highest BCUT2D eigenvalue weighted by molar-refractivity contribution is 9.10. The predicted octanol–water partition coefficient (Wildman–Crippen LogP) is 10.1. The normalized spacial score (nSPS) is 13.0. The van der Waals surface area contributed by atoms with Crippen LogP contribution in [0.3, 0.4) is 0 Å². The zero-order valence-electron chi connectivity index (χ0n) is 21.2. The van der Waals surface area contributed by atoms with Crippen molar-refractivity contribution in [3.05, 3.63) is 67.6 Å². The molecule has 0 fully saturated rings. The first kappa shape index (κ1) is 27.4. The zero-order valence-corrected chi connectivity index (χ0v) is 24.4. The van der Waals surface area contributed by atoms with Gasteiger partial charge in [-0.25, -0.2) is 0 Å². The van der Waals surface area contributed by atoms with Crippen LogP contribution in [0.4, 0.5) is 0 Å². The average molecular weight is 538 g/mol. The first-order valence-electron chi connectivity index (χ1n) is 10.9. The summed E-state index contributed by atoms with van der Waals surface area (Å²) in [6, 6.07) is 13.5. The lowest BCUT2D eigenvalue weighted by atomic mass is 9.82. The van der Waals surface area contributed by atoms with E-state index in [1.54, 1.807) is 0 Å². The van der Waals surface area contributed by atoms with Gasteiger partial charge in [-0.15, -0.1) is 0 Å². The molecule has 168 valence electrons. The van der Waals surface area contributed by atoms with Crippen molar-refractivity contribution in [3.8, 4) is 0 Å². The largest absolute Gasteiger partial charge is 0.0581 e. The first-order chi connectivity index (χ1) is 13.2. The molecule has 2 aromatic rings. The average Bonchev–Trinajstić information content (AvgIpc) is 2.51. The van der Waals surface area contributed by atoms with Crippen LogP contribution in [0.2, 0.25) is 0 Å². The van der Waals surface area contributed by atoms with E-state index in [4.69, 9.17) is 0 Å². The molecule has 0 heterocycles. The summed E-state index contributed by atoms with van der Waals surface area (Å²) in [6.45, 7) is 26.9. The van der Waals surface area contributed by atoms with Gasteiger partial charge in [0.2, 0.25) is 0 Å². The monoisotopic (exact) mass is 536 g/mol. The van der Waals surface area contributed by atoms with Gasteiger partial charge in [-0.05, 0) is 56.0 Å². The lowest BCUT2D eigenvalue weighted by molar-refractivity contribution is 0.574. The summed E-state index contributed by atoms with van der Waals surface area (Å²) in [6.07, 6.45) is 0. The van der Waals surface area contributed by atoms with Gasteiger partial charge in [-0.2, -0.15) is 0 Å². The predicted molar refractivity (Wildman–Crippen MR) is 143 cm³/mol. The van der Waals surface area contributed by atoms with Gasteiger partial charge in [-0.1, -0.05) is 139 Å². The summed E-state index contributed by atoms with van der Waals surface area (Å²) in [5.74, 6) is 0. The molecule has 0 atom stereocenters. The fraction of sp³-hybridized carbons (Fsp3) is 0.571. The van der Waals surface area contributed by atoms with Gasteiger partial charge in [-0.3, -0.25) is 0 Å².